The molecule has 0 saturated heterocycles. The Kier molecular flexibility index (Phi) is 5.51. The number of hydrogen-bond acceptors (Lipinski definition) is 5. The Labute approximate surface area is 179 Å². The van der Waals surface area contributed by atoms with Gasteiger partial charge in [-0.1, -0.05) is 12.8 Å². The molecule has 1 atom stereocenters. The summed E-state index contributed by atoms with van der Waals surface area (Å²) in [4.78, 5) is 40.4. The van der Waals surface area contributed by atoms with Crippen LogP contribution in [0.1, 0.15) is 60.5 Å². The van der Waals surface area contributed by atoms with Gasteiger partial charge in [-0.25, -0.2) is 9.18 Å². The number of anilines is 1. The first-order chi connectivity index (χ1) is 14.8. The Morgan fingerprint density at radius 2 is 1.94 bits per heavy atom. The minimum absolute atomic E-state index is 0.00436. The third-order valence-corrected chi connectivity index (χ3v) is 5.90. The number of rotatable bonds is 5. The second kappa shape index (κ2) is 8.13. The minimum atomic E-state index is -1.32. The predicted molar refractivity (Wildman–Crippen MR) is 110 cm³/mol. The van der Waals surface area contributed by atoms with Crippen LogP contribution >= 0.6 is 0 Å². The Morgan fingerprint density at radius 3 is 2.58 bits per heavy atom. The van der Waals surface area contributed by atoms with Crippen LogP contribution in [0.5, 0.6) is 0 Å². The smallest absolute Gasteiger partial charge is 0.358 e. The maximum Gasteiger partial charge on any atom is 0.358 e. The minimum Gasteiger partial charge on any atom is -0.461 e. The number of carbonyl (C=O) groups is 3. The number of esters is 1. The number of hydrogen-bond donors (Lipinski definition) is 1. The van der Waals surface area contributed by atoms with Gasteiger partial charge in [-0.3, -0.25) is 19.2 Å². The summed E-state index contributed by atoms with van der Waals surface area (Å²) < 4.78 is 19.9. The lowest BCUT2D eigenvalue weighted by Crippen LogP contribution is -2.65. The number of halogens is 1. The fraction of sp³-hybridized carbons (Fsp3) is 0.455. The summed E-state index contributed by atoms with van der Waals surface area (Å²) in [6.45, 7) is 3.56. The van der Waals surface area contributed by atoms with Gasteiger partial charge in [0.25, 0.3) is 5.91 Å². The molecule has 2 aromatic rings. The van der Waals surface area contributed by atoms with E-state index in [4.69, 9.17) is 4.74 Å². The van der Waals surface area contributed by atoms with Gasteiger partial charge in [-0.15, -0.1) is 0 Å². The molecule has 8 nitrogen and oxygen atoms in total. The van der Waals surface area contributed by atoms with Gasteiger partial charge in [0.05, 0.1) is 13.2 Å². The summed E-state index contributed by atoms with van der Waals surface area (Å²) >= 11 is 0. The molecule has 0 bridgehead atoms. The number of benzene rings is 1. The summed E-state index contributed by atoms with van der Waals surface area (Å²) in [7, 11) is 0. The van der Waals surface area contributed by atoms with Crippen LogP contribution in [0.4, 0.5) is 10.1 Å². The summed E-state index contributed by atoms with van der Waals surface area (Å²) in [5.41, 5.74) is -0.758. The highest BCUT2D eigenvalue weighted by atomic mass is 19.1. The van der Waals surface area contributed by atoms with Crippen molar-refractivity contribution in [3.8, 4) is 0 Å². The average Bonchev–Trinajstić information content (AvgIpc) is 3.39. The van der Waals surface area contributed by atoms with E-state index in [1.807, 2.05) is 0 Å². The van der Waals surface area contributed by atoms with Gasteiger partial charge in [0.1, 0.15) is 17.1 Å². The molecule has 2 aliphatic rings. The number of carbonyl (C=O) groups excluding carboxylic acids is 3. The molecule has 1 aliphatic heterocycles. The maximum atomic E-state index is 13.5. The molecule has 1 aromatic carbocycles. The molecule has 2 heterocycles. The lowest BCUT2D eigenvalue weighted by molar-refractivity contribution is -0.127. The molecule has 2 amide bonds. The first-order valence-electron chi connectivity index (χ1n) is 10.5. The van der Waals surface area contributed by atoms with Gasteiger partial charge >= 0.3 is 5.97 Å². The van der Waals surface area contributed by atoms with Crippen LogP contribution in [0.3, 0.4) is 0 Å². The highest BCUT2D eigenvalue weighted by molar-refractivity contribution is 6.12. The van der Waals surface area contributed by atoms with Crippen LogP contribution in [0.25, 0.3) is 0 Å². The SMILES string of the molecule is CCOC(=O)c1cc2n(n1)C[C@@](C)(C(=O)NC1CCCC1)N(c1ccc(F)cc1)C2=O. The fourth-order valence-corrected chi connectivity index (χ4v) is 4.29. The Morgan fingerprint density at radius 1 is 1.26 bits per heavy atom. The second-order valence-electron chi connectivity index (χ2n) is 8.14. The van der Waals surface area contributed by atoms with Crippen molar-refractivity contribution in [3.05, 3.63) is 47.5 Å². The van der Waals surface area contributed by atoms with Crippen molar-refractivity contribution in [3.63, 3.8) is 0 Å². The number of aromatic nitrogens is 2. The molecular weight excluding hydrogens is 403 g/mol. The van der Waals surface area contributed by atoms with Crippen LogP contribution < -0.4 is 10.2 Å². The Bertz CT molecular complexity index is 1010. The van der Waals surface area contributed by atoms with Crippen molar-refractivity contribution in [1.29, 1.82) is 0 Å². The molecule has 164 valence electrons. The molecule has 9 heteroatoms. The lowest BCUT2D eigenvalue weighted by atomic mass is 9.93. The molecule has 4 rings (SSSR count). The van der Waals surface area contributed by atoms with E-state index in [2.05, 4.69) is 10.4 Å². The maximum absolute atomic E-state index is 13.5. The van der Waals surface area contributed by atoms with E-state index < -0.39 is 23.2 Å². The number of fused-ring (bicyclic) bond motifs is 1. The normalized spacial score (nSPS) is 21.1. The van der Waals surface area contributed by atoms with Gasteiger partial charge in [0, 0.05) is 17.8 Å². The molecular formula is C22H25FN4O4. The predicted octanol–water partition coefficient (Wildman–Crippen LogP) is 2.68. The zero-order valence-electron chi connectivity index (χ0n) is 17.6. The number of nitrogens with zero attached hydrogens (tertiary/aromatic N) is 3. The van der Waals surface area contributed by atoms with Gasteiger partial charge in [-0.05, 0) is 51.0 Å². The van der Waals surface area contributed by atoms with Gasteiger partial charge < -0.3 is 10.1 Å². The van der Waals surface area contributed by atoms with Crippen LogP contribution in [0.2, 0.25) is 0 Å². The Balaban J connectivity index is 1.75. The number of nitrogens with one attached hydrogen (secondary N) is 1. The van der Waals surface area contributed by atoms with Crippen molar-refractivity contribution in [2.24, 2.45) is 0 Å². The molecule has 1 aromatic heterocycles. The van der Waals surface area contributed by atoms with Crippen molar-refractivity contribution in [2.45, 2.75) is 57.7 Å². The van der Waals surface area contributed by atoms with Crippen molar-refractivity contribution < 1.29 is 23.5 Å². The van der Waals surface area contributed by atoms with E-state index >= 15 is 0 Å². The van der Waals surface area contributed by atoms with E-state index in [9.17, 15) is 18.8 Å². The monoisotopic (exact) mass is 428 g/mol. The fourth-order valence-electron chi connectivity index (χ4n) is 4.29. The van der Waals surface area contributed by atoms with E-state index in [0.29, 0.717) is 5.69 Å². The average molecular weight is 428 g/mol. The molecule has 1 fully saturated rings. The van der Waals surface area contributed by atoms with Crippen molar-refractivity contribution in [1.82, 2.24) is 15.1 Å². The topological polar surface area (TPSA) is 93.5 Å². The van der Waals surface area contributed by atoms with E-state index in [-0.39, 0.29) is 36.5 Å². The van der Waals surface area contributed by atoms with Crippen LogP contribution in [-0.2, 0) is 16.1 Å². The van der Waals surface area contributed by atoms with Crippen LogP contribution in [0, 0.1) is 5.82 Å². The second-order valence-corrected chi connectivity index (χ2v) is 8.14. The lowest BCUT2D eigenvalue weighted by Gasteiger charge is -2.43. The molecule has 31 heavy (non-hydrogen) atoms. The summed E-state index contributed by atoms with van der Waals surface area (Å²) in [5.74, 6) is -1.89. The summed E-state index contributed by atoms with van der Waals surface area (Å²) in [5, 5.41) is 7.29. The van der Waals surface area contributed by atoms with Gasteiger partial charge in [0.2, 0.25) is 5.91 Å². The molecule has 0 unspecified atom stereocenters. The summed E-state index contributed by atoms with van der Waals surface area (Å²) in [6.07, 6.45) is 3.89. The van der Waals surface area contributed by atoms with Crippen molar-refractivity contribution in [2.75, 3.05) is 11.5 Å². The first-order valence-corrected chi connectivity index (χ1v) is 10.5. The molecule has 1 aliphatic carbocycles. The standard InChI is InChI=1S/C22H25FN4O4/c1-3-31-20(29)17-12-18-19(28)27(16-10-8-14(23)9-11-16)22(2,13-26(18)25-17)21(30)24-15-6-4-5-7-15/h8-12,15H,3-7,13H2,1-2H3,(H,24,30)/t22-/m0/s1. The van der Waals surface area contributed by atoms with Crippen molar-refractivity contribution >= 4 is 23.5 Å². The quantitative estimate of drug-likeness (QED) is 0.739. The molecule has 0 spiro atoms. The molecule has 0 radical (unpaired) electrons. The number of amides is 2. The highest BCUT2D eigenvalue weighted by Crippen LogP contribution is 2.33. The van der Waals surface area contributed by atoms with Gasteiger partial charge in [0.15, 0.2) is 5.69 Å². The molecule has 1 saturated carbocycles. The van der Waals surface area contributed by atoms with Gasteiger partial charge in [-0.2, -0.15) is 5.10 Å². The van der Waals surface area contributed by atoms with E-state index in [0.717, 1.165) is 25.7 Å². The zero-order chi connectivity index (χ0) is 22.2. The van der Waals surface area contributed by atoms with E-state index in [1.54, 1.807) is 13.8 Å². The third-order valence-electron chi connectivity index (χ3n) is 5.90. The van der Waals surface area contributed by atoms with Crippen LogP contribution in [0.15, 0.2) is 30.3 Å². The van der Waals surface area contributed by atoms with E-state index in [1.165, 1.54) is 39.9 Å². The molecule has 1 N–H and O–H groups in total. The number of ether oxygens (including phenoxy) is 1. The zero-order valence-corrected chi connectivity index (χ0v) is 17.6. The Hall–Kier alpha value is -3.23. The van der Waals surface area contributed by atoms with Crippen LogP contribution in [-0.4, -0.2) is 45.8 Å². The third kappa shape index (κ3) is 3.80. The first kappa shape index (κ1) is 21.0. The summed E-state index contributed by atoms with van der Waals surface area (Å²) in [6, 6.07) is 6.84. The largest absolute Gasteiger partial charge is 0.461 e. The highest BCUT2D eigenvalue weighted by Gasteiger charge is 2.49.